The third kappa shape index (κ3) is 2.85. The molecule has 1 aliphatic heterocycles. The molecule has 144 valence electrons. The highest BCUT2D eigenvalue weighted by Crippen LogP contribution is 2.41. The van der Waals surface area contributed by atoms with E-state index in [4.69, 9.17) is 20.8 Å². The van der Waals surface area contributed by atoms with Crippen molar-refractivity contribution in [1.29, 1.82) is 0 Å². The number of carbonyl (C=O) groups is 2. The van der Waals surface area contributed by atoms with Gasteiger partial charge in [-0.15, -0.1) is 0 Å². The molecule has 1 aromatic heterocycles. The normalized spacial score (nSPS) is 19.5. The second-order valence-electron chi connectivity index (χ2n) is 6.92. The van der Waals surface area contributed by atoms with E-state index in [0.717, 1.165) is 12.1 Å². The van der Waals surface area contributed by atoms with E-state index in [9.17, 15) is 14.4 Å². The molecule has 7 heteroatoms. The van der Waals surface area contributed by atoms with Crippen molar-refractivity contribution >= 4 is 34.3 Å². The molecule has 28 heavy (non-hydrogen) atoms. The van der Waals surface area contributed by atoms with Gasteiger partial charge in [0.05, 0.1) is 30.3 Å². The van der Waals surface area contributed by atoms with Gasteiger partial charge >= 0.3 is 5.97 Å². The standard InChI is InChI=1S/C21H18ClNO5/c1-10-17(21(26)27-2)18(19-14(23-10)4-3-5-15(19)24)13-9-28-16-7-6-11(22)8-12(16)20(13)25/h6-9,18,23H,3-5H2,1-2H3. The molecule has 0 bridgehead atoms. The van der Waals surface area contributed by atoms with Crippen LogP contribution in [0.1, 0.15) is 37.7 Å². The summed E-state index contributed by atoms with van der Waals surface area (Å²) in [4.78, 5) is 38.6. The van der Waals surface area contributed by atoms with Gasteiger partial charge < -0.3 is 14.5 Å². The van der Waals surface area contributed by atoms with E-state index in [-0.39, 0.29) is 22.3 Å². The van der Waals surface area contributed by atoms with Crippen molar-refractivity contribution in [3.8, 4) is 0 Å². The highest BCUT2D eigenvalue weighted by Gasteiger charge is 2.40. The molecule has 0 spiro atoms. The first kappa shape index (κ1) is 18.5. The Hall–Kier alpha value is -2.86. The number of fused-ring (bicyclic) bond motifs is 1. The molecule has 2 aliphatic rings. The van der Waals surface area contributed by atoms with Gasteiger partial charge in [0.1, 0.15) is 5.58 Å². The Morgan fingerprint density at radius 3 is 2.82 bits per heavy atom. The molecule has 0 saturated heterocycles. The van der Waals surface area contributed by atoms with Crippen LogP contribution in [0, 0.1) is 0 Å². The summed E-state index contributed by atoms with van der Waals surface area (Å²) in [6, 6.07) is 4.77. The lowest BCUT2D eigenvalue weighted by Crippen LogP contribution is -2.35. The van der Waals surface area contributed by atoms with E-state index in [1.807, 2.05) is 0 Å². The predicted molar refractivity (Wildman–Crippen MR) is 104 cm³/mol. The number of esters is 1. The summed E-state index contributed by atoms with van der Waals surface area (Å²) < 4.78 is 10.6. The molecule has 0 saturated carbocycles. The molecule has 2 heterocycles. The van der Waals surface area contributed by atoms with Crippen LogP contribution in [0.5, 0.6) is 0 Å². The molecule has 6 nitrogen and oxygen atoms in total. The second kappa shape index (κ2) is 6.95. The maximum atomic E-state index is 13.3. The van der Waals surface area contributed by atoms with E-state index < -0.39 is 11.9 Å². The van der Waals surface area contributed by atoms with E-state index in [2.05, 4.69) is 5.32 Å². The summed E-state index contributed by atoms with van der Waals surface area (Å²) in [6.07, 6.45) is 3.10. The Labute approximate surface area is 165 Å². The van der Waals surface area contributed by atoms with Crippen molar-refractivity contribution < 1.29 is 18.7 Å². The fourth-order valence-electron chi connectivity index (χ4n) is 3.99. The van der Waals surface area contributed by atoms with Crippen LogP contribution >= 0.6 is 11.6 Å². The summed E-state index contributed by atoms with van der Waals surface area (Å²) in [6.45, 7) is 1.74. The van der Waals surface area contributed by atoms with Crippen molar-refractivity contribution in [3.05, 3.63) is 67.8 Å². The third-order valence-corrected chi connectivity index (χ3v) is 5.49. The van der Waals surface area contributed by atoms with Crippen molar-refractivity contribution in [2.45, 2.75) is 32.1 Å². The first-order chi connectivity index (χ1) is 13.4. The van der Waals surface area contributed by atoms with Crippen LogP contribution in [-0.4, -0.2) is 18.9 Å². The molecule has 4 rings (SSSR count). The Morgan fingerprint density at radius 1 is 1.29 bits per heavy atom. The van der Waals surface area contributed by atoms with Crippen molar-refractivity contribution in [2.24, 2.45) is 0 Å². The van der Waals surface area contributed by atoms with Gasteiger partial charge in [0.25, 0.3) is 0 Å². The van der Waals surface area contributed by atoms with Gasteiger partial charge in [0.15, 0.2) is 11.2 Å². The van der Waals surface area contributed by atoms with E-state index in [0.29, 0.717) is 40.1 Å². The fraction of sp³-hybridized carbons (Fsp3) is 0.286. The molecule has 0 amide bonds. The average molecular weight is 400 g/mol. The molecule has 2 aromatic rings. The zero-order valence-corrected chi connectivity index (χ0v) is 16.2. The predicted octanol–water partition coefficient (Wildman–Crippen LogP) is 3.59. The van der Waals surface area contributed by atoms with Gasteiger partial charge in [-0.1, -0.05) is 11.6 Å². The number of methoxy groups -OCH3 is 1. The molecule has 1 N–H and O–H groups in total. The Kier molecular flexibility index (Phi) is 4.59. The molecule has 1 aliphatic carbocycles. The smallest absolute Gasteiger partial charge is 0.336 e. The first-order valence-corrected chi connectivity index (χ1v) is 9.33. The number of ketones is 1. The quantitative estimate of drug-likeness (QED) is 0.777. The van der Waals surface area contributed by atoms with E-state index >= 15 is 0 Å². The van der Waals surface area contributed by atoms with Crippen LogP contribution in [0.4, 0.5) is 0 Å². The molecule has 0 radical (unpaired) electrons. The van der Waals surface area contributed by atoms with Gasteiger partial charge in [-0.2, -0.15) is 0 Å². The fourth-order valence-corrected chi connectivity index (χ4v) is 4.16. The van der Waals surface area contributed by atoms with Crippen LogP contribution in [-0.2, 0) is 14.3 Å². The number of carbonyl (C=O) groups excluding carboxylic acids is 2. The van der Waals surface area contributed by atoms with Crippen molar-refractivity contribution in [1.82, 2.24) is 5.32 Å². The summed E-state index contributed by atoms with van der Waals surface area (Å²) in [5.41, 5.74) is 2.27. The molecule has 0 fully saturated rings. The molecule has 1 atom stereocenters. The van der Waals surface area contributed by atoms with Gasteiger partial charge in [0.2, 0.25) is 0 Å². The number of hydrogen-bond acceptors (Lipinski definition) is 6. The number of halogens is 1. The number of hydrogen-bond donors (Lipinski definition) is 1. The Balaban J connectivity index is 2.01. The Bertz CT molecular complexity index is 1140. The minimum Gasteiger partial charge on any atom is -0.466 e. The lowest BCUT2D eigenvalue weighted by Gasteiger charge is -2.33. The summed E-state index contributed by atoms with van der Waals surface area (Å²) in [5, 5.41) is 3.86. The van der Waals surface area contributed by atoms with Crippen LogP contribution in [0.25, 0.3) is 11.0 Å². The molecule has 1 aromatic carbocycles. The van der Waals surface area contributed by atoms with Gasteiger partial charge in [-0.25, -0.2) is 4.79 Å². The highest BCUT2D eigenvalue weighted by atomic mass is 35.5. The maximum Gasteiger partial charge on any atom is 0.336 e. The number of benzene rings is 1. The number of dihydropyridines is 1. The second-order valence-corrected chi connectivity index (χ2v) is 7.35. The minimum atomic E-state index is -0.837. The molecule has 1 unspecified atom stereocenters. The van der Waals surface area contributed by atoms with Gasteiger partial charge in [-0.3, -0.25) is 9.59 Å². The average Bonchev–Trinajstić information content (AvgIpc) is 2.67. The van der Waals surface area contributed by atoms with Crippen molar-refractivity contribution in [2.75, 3.05) is 7.11 Å². The Morgan fingerprint density at radius 2 is 2.07 bits per heavy atom. The summed E-state index contributed by atoms with van der Waals surface area (Å²) in [7, 11) is 1.27. The summed E-state index contributed by atoms with van der Waals surface area (Å²) >= 11 is 6.05. The lowest BCUT2D eigenvalue weighted by atomic mass is 9.75. The number of ether oxygens (including phenoxy) is 1. The number of nitrogens with one attached hydrogen (secondary N) is 1. The zero-order chi connectivity index (χ0) is 20.0. The maximum absolute atomic E-state index is 13.3. The zero-order valence-electron chi connectivity index (χ0n) is 15.4. The number of Topliss-reactive ketones (excluding diaryl/α,β-unsaturated/α-hetero) is 1. The van der Waals surface area contributed by atoms with Crippen LogP contribution in [0.15, 0.2) is 56.2 Å². The number of rotatable bonds is 2. The largest absolute Gasteiger partial charge is 0.466 e. The topological polar surface area (TPSA) is 85.6 Å². The van der Waals surface area contributed by atoms with Gasteiger partial charge in [-0.05, 0) is 38.0 Å². The van der Waals surface area contributed by atoms with E-state index in [1.165, 1.54) is 19.4 Å². The van der Waals surface area contributed by atoms with E-state index in [1.54, 1.807) is 19.1 Å². The third-order valence-electron chi connectivity index (χ3n) is 5.25. The number of allylic oxidation sites excluding steroid dienone is 3. The van der Waals surface area contributed by atoms with Crippen LogP contribution in [0.2, 0.25) is 5.02 Å². The lowest BCUT2D eigenvalue weighted by molar-refractivity contribution is -0.136. The van der Waals surface area contributed by atoms with Crippen LogP contribution in [0.3, 0.4) is 0 Å². The summed E-state index contributed by atoms with van der Waals surface area (Å²) in [5.74, 6) is -1.51. The highest BCUT2D eigenvalue weighted by molar-refractivity contribution is 6.31. The molecular formula is C21H18ClNO5. The first-order valence-electron chi connectivity index (χ1n) is 8.95. The SMILES string of the molecule is COC(=O)C1=C(C)NC2=C(C(=O)CCC2)C1c1coc2ccc(Cl)cc2c1=O. The van der Waals surface area contributed by atoms with Crippen molar-refractivity contribution in [3.63, 3.8) is 0 Å². The van der Waals surface area contributed by atoms with Gasteiger partial charge in [0, 0.05) is 34.0 Å². The molecular weight excluding hydrogens is 382 g/mol. The monoisotopic (exact) mass is 399 g/mol. The van der Waals surface area contributed by atoms with Crippen LogP contribution < -0.4 is 10.7 Å². The minimum absolute atomic E-state index is 0.0850.